The van der Waals surface area contributed by atoms with Crippen molar-refractivity contribution in [2.75, 3.05) is 6.79 Å². The number of amides is 2. The zero-order valence-corrected chi connectivity index (χ0v) is 27.3. The normalized spacial score (nSPS) is 14.4. The molecule has 0 saturated heterocycles. The van der Waals surface area contributed by atoms with Gasteiger partial charge < -0.3 is 19.7 Å². The van der Waals surface area contributed by atoms with Gasteiger partial charge in [0, 0.05) is 37.0 Å². The molecule has 11 heteroatoms. The second kappa shape index (κ2) is 14.6. The summed E-state index contributed by atoms with van der Waals surface area (Å²) in [6.07, 6.45) is 2.53. The highest BCUT2D eigenvalue weighted by Gasteiger charge is 2.31. The summed E-state index contributed by atoms with van der Waals surface area (Å²) in [6.45, 7) is 0.608. The molecule has 0 aromatic heterocycles. The van der Waals surface area contributed by atoms with Crippen LogP contribution in [0.3, 0.4) is 0 Å². The van der Waals surface area contributed by atoms with Crippen LogP contribution in [0.2, 0.25) is 5.02 Å². The van der Waals surface area contributed by atoms with Crippen molar-refractivity contribution in [2.24, 2.45) is 0 Å². The van der Waals surface area contributed by atoms with E-state index in [1.165, 1.54) is 0 Å². The van der Waals surface area contributed by atoms with Gasteiger partial charge in [-0.2, -0.15) is 0 Å². The summed E-state index contributed by atoms with van der Waals surface area (Å²) in [4.78, 5) is 29.9. The minimum atomic E-state index is -3.57. The Morgan fingerprint density at radius 2 is 1.51 bits per heavy atom. The lowest BCUT2D eigenvalue weighted by molar-refractivity contribution is -0.141. The number of benzene rings is 4. The number of hydrogen-bond donors (Lipinski definition) is 2. The molecule has 1 aliphatic heterocycles. The minimum absolute atomic E-state index is 0.0157. The number of hydrogen-bond acceptors (Lipinski definition) is 6. The summed E-state index contributed by atoms with van der Waals surface area (Å²) in [5, 5.41) is 3.62. The van der Waals surface area contributed by atoms with Crippen molar-refractivity contribution in [1.29, 1.82) is 0 Å². The van der Waals surface area contributed by atoms with E-state index in [0.717, 1.165) is 35.1 Å². The van der Waals surface area contributed by atoms with Crippen LogP contribution in [0, 0.1) is 0 Å². The van der Waals surface area contributed by atoms with Crippen molar-refractivity contribution in [3.63, 3.8) is 0 Å². The number of nitrogens with zero attached hydrogens (tertiary/aromatic N) is 1. The molecular weight excluding hydrogens is 638 g/mol. The molecule has 1 unspecified atom stereocenters. The lowest BCUT2D eigenvalue weighted by Crippen LogP contribution is -2.50. The highest BCUT2D eigenvalue weighted by molar-refractivity contribution is 7.89. The Kier molecular flexibility index (Phi) is 10.1. The average Bonchev–Trinajstić information content (AvgIpc) is 3.76. The maximum absolute atomic E-state index is 14.1. The summed E-state index contributed by atoms with van der Waals surface area (Å²) in [5.74, 6) is 0.799. The van der Waals surface area contributed by atoms with Gasteiger partial charge in [-0.05, 0) is 77.9 Å². The molecule has 1 fully saturated rings. The second-order valence-corrected chi connectivity index (χ2v) is 13.9. The first-order chi connectivity index (χ1) is 22.7. The molecule has 1 atom stereocenters. The van der Waals surface area contributed by atoms with Gasteiger partial charge in [0.05, 0.1) is 4.90 Å². The third kappa shape index (κ3) is 8.71. The number of sulfonamides is 1. The Bertz CT molecular complexity index is 1810. The molecule has 0 spiro atoms. The maximum atomic E-state index is 14.1. The zero-order valence-electron chi connectivity index (χ0n) is 25.7. The van der Waals surface area contributed by atoms with Gasteiger partial charge in [-0.1, -0.05) is 72.3 Å². The topological polar surface area (TPSA) is 114 Å². The maximum Gasteiger partial charge on any atom is 0.243 e. The minimum Gasteiger partial charge on any atom is -0.454 e. The Hall–Kier alpha value is -4.38. The van der Waals surface area contributed by atoms with E-state index >= 15 is 0 Å². The molecule has 9 nitrogen and oxygen atoms in total. The molecule has 2 N–H and O–H groups in total. The third-order valence-electron chi connectivity index (χ3n) is 8.20. The molecule has 1 heterocycles. The van der Waals surface area contributed by atoms with Crippen LogP contribution < -0.4 is 19.5 Å². The molecule has 2 aliphatic rings. The van der Waals surface area contributed by atoms with Gasteiger partial charge in [0.25, 0.3) is 0 Å². The number of fused-ring (bicyclic) bond motifs is 1. The average molecular weight is 674 g/mol. The van der Waals surface area contributed by atoms with Crippen LogP contribution in [0.1, 0.15) is 41.5 Å². The van der Waals surface area contributed by atoms with E-state index in [1.807, 2.05) is 60.7 Å². The van der Waals surface area contributed by atoms with Gasteiger partial charge in [-0.3, -0.25) is 9.59 Å². The molecule has 244 valence electrons. The van der Waals surface area contributed by atoms with Crippen LogP contribution in [0.15, 0.2) is 102 Å². The number of ether oxygens (including phenoxy) is 2. The van der Waals surface area contributed by atoms with Crippen LogP contribution in [0.4, 0.5) is 0 Å². The lowest BCUT2D eigenvalue weighted by Gasteiger charge is -2.32. The third-order valence-corrected chi connectivity index (χ3v) is 9.99. The monoisotopic (exact) mass is 673 g/mol. The van der Waals surface area contributed by atoms with E-state index in [-0.39, 0.29) is 49.1 Å². The molecule has 0 bridgehead atoms. The lowest BCUT2D eigenvalue weighted by atomic mass is 10.0. The molecule has 0 radical (unpaired) electrons. The molecule has 1 saturated carbocycles. The number of carbonyl (C=O) groups excluding carboxylic acids is 2. The summed E-state index contributed by atoms with van der Waals surface area (Å²) in [7, 11) is -3.57. The zero-order chi connectivity index (χ0) is 32.8. The van der Waals surface area contributed by atoms with E-state index in [0.29, 0.717) is 29.4 Å². The number of carbonyl (C=O) groups is 2. The first-order valence-electron chi connectivity index (χ1n) is 15.6. The molecule has 47 heavy (non-hydrogen) atoms. The molecule has 2 amide bonds. The summed E-state index contributed by atoms with van der Waals surface area (Å²) >= 11 is 6.15. The summed E-state index contributed by atoms with van der Waals surface area (Å²) in [5.41, 5.74) is 3.42. The van der Waals surface area contributed by atoms with Crippen LogP contribution in [0.25, 0.3) is 0 Å². The predicted octanol–water partition coefficient (Wildman–Crippen LogP) is 5.40. The largest absolute Gasteiger partial charge is 0.454 e. The number of nitrogens with one attached hydrogen (secondary N) is 2. The number of rotatable bonds is 14. The van der Waals surface area contributed by atoms with Crippen molar-refractivity contribution in [3.8, 4) is 11.5 Å². The molecule has 4 aromatic rings. The Labute approximate surface area is 279 Å². The van der Waals surface area contributed by atoms with Crippen LogP contribution >= 0.6 is 11.6 Å². The van der Waals surface area contributed by atoms with Crippen molar-refractivity contribution >= 4 is 33.4 Å². The number of aryl methyl sites for hydroxylation is 1. The van der Waals surface area contributed by atoms with Crippen molar-refractivity contribution in [1.82, 2.24) is 14.9 Å². The molecular formula is C36H36ClN3O6S. The van der Waals surface area contributed by atoms with Gasteiger partial charge in [0.2, 0.25) is 28.6 Å². The van der Waals surface area contributed by atoms with E-state index < -0.39 is 16.1 Å². The SMILES string of the molecule is O=C(NCc1ccc2c(c1)OCO2)C(Cc1ccccc1)N(Cc1ccc(Cl)cc1)C(=O)CCc1ccc(S(=O)(=O)NC2CC2)cc1. The first-order valence-corrected chi connectivity index (χ1v) is 17.4. The second-order valence-electron chi connectivity index (χ2n) is 11.8. The summed E-state index contributed by atoms with van der Waals surface area (Å²) in [6, 6.07) is 28.2. The smallest absolute Gasteiger partial charge is 0.243 e. The highest BCUT2D eigenvalue weighted by atomic mass is 35.5. The fraction of sp³-hybridized carbons (Fsp3) is 0.278. The standard InChI is InChI=1S/C36H36ClN3O6S/c37-29-12-6-27(7-13-29)23-40(35(41)19-11-25-8-16-31(17-9-25)47(43,44)39-30-14-15-30)32(20-26-4-2-1-3-5-26)36(42)38-22-28-10-18-33-34(21-28)46-24-45-33/h1-10,12-13,16-18,21,30,32,39H,11,14-15,19-20,22-24H2,(H,38,42). The predicted molar refractivity (Wildman–Crippen MR) is 178 cm³/mol. The fourth-order valence-electron chi connectivity index (χ4n) is 5.42. The van der Waals surface area contributed by atoms with Crippen LogP contribution in [-0.4, -0.2) is 44.0 Å². The van der Waals surface area contributed by atoms with Gasteiger partial charge in [0.1, 0.15) is 6.04 Å². The van der Waals surface area contributed by atoms with Crippen LogP contribution in [-0.2, 0) is 45.5 Å². The Balaban J connectivity index is 1.21. The molecule has 6 rings (SSSR count). The molecule has 1 aliphatic carbocycles. The van der Waals surface area contributed by atoms with E-state index in [4.69, 9.17) is 21.1 Å². The van der Waals surface area contributed by atoms with Gasteiger partial charge in [-0.25, -0.2) is 13.1 Å². The van der Waals surface area contributed by atoms with Gasteiger partial charge in [0.15, 0.2) is 11.5 Å². The van der Waals surface area contributed by atoms with E-state index in [2.05, 4.69) is 10.0 Å². The van der Waals surface area contributed by atoms with Crippen LogP contribution in [0.5, 0.6) is 11.5 Å². The number of halogens is 1. The quantitative estimate of drug-likeness (QED) is 0.185. The van der Waals surface area contributed by atoms with E-state index in [9.17, 15) is 18.0 Å². The first kappa shape index (κ1) is 32.6. The Morgan fingerprint density at radius 1 is 0.830 bits per heavy atom. The van der Waals surface area contributed by atoms with Gasteiger partial charge in [-0.15, -0.1) is 0 Å². The van der Waals surface area contributed by atoms with Crippen molar-refractivity contribution in [2.45, 2.75) is 62.2 Å². The fourth-order valence-corrected chi connectivity index (χ4v) is 6.85. The van der Waals surface area contributed by atoms with Gasteiger partial charge >= 0.3 is 0 Å². The van der Waals surface area contributed by atoms with Crippen molar-refractivity contribution in [3.05, 3.63) is 124 Å². The van der Waals surface area contributed by atoms with E-state index in [1.54, 1.807) is 41.3 Å². The summed E-state index contributed by atoms with van der Waals surface area (Å²) < 4.78 is 38.8. The van der Waals surface area contributed by atoms with Crippen molar-refractivity contribution < 1.29 is 27.5 Å². The molecule has 4 aromatic carbocycles. The highest BCUT2D eigenvalue weighted by Crippen LogP contribution is 2.32. The Morgan fingerprint density at radius 3 is 2.23 bits per heavy atom.